The Morgan fingerprint density at radius 2 is 2.15 bits per heavy atom. The third-order valence-corrected chi connectivity index (χ3v) is 4.18. The summed E-state index contributed by atoms with van der Waals surface area (Å²) in [5.74, 6) is -2.61. The molecule has 2 atom stereocenters. The number of carboxylic acid groups (broad SMARTS) is 1. The number of carbonyl (C=O) groups excluding carboxylic acids is 1. The molecule has 1 saturated heterocycles. The minimum atomic E-state index is -1.36. The highest BCUT2D eigenvalue weighted by atomic mass is 32.1. The molecule has 102 valence electrons. The fraction of sp³-hybridized carbons (Fsp3) is 0.231. The Morgan fingerprint density at radius 1 is 1.40 bits per heavy atom. The zero-order valence-corrected chi connectivity index (χ0v) is 11.0. The van der Waals surface area contributed by atoms with Gasteiger partial charge in [0.05, 0.1) is 6.42 Å². The van der Waals surface area contributed by atoms with Gasteiger partial charge in [-0.15, -0.1) is 11.3 Å². The number of hydrogen-bond donors (Lipinski definition) is 1. The van der Waals surface area contributed by atoms with E-state index in [-0.39, 0.29) is 6.42 Å². The van der Waals surface area contributed by atoms with Crippen LogP contribution in [0.1, 0.15) is 17.0 Å². The Morgan fingerprint density at radius 3 is 2.75 bits per heavy atom. The van der Waals surface area contributed by atoms with Crippen LogP contribution in [0.15, 0.2) is 36.1 Å². The van der Waals surface area contributed by atoms with Crippen molar-refractivity contribution in [3.05, 3.63) is 46.7 Å². The average molecular weight is 290 g/mol. The minimum Gasteiger partial charge on any atom is -0.481 e. The van der Waals surface area contributed by atoms with Gasteiger partial charge >= 0.3 is 11.9 Å². The van der Waals surface area contributed by atoms with Gasteiger partial charge in [0.2, 0.25) is 5.60 Å². The summed E-state index contributed by atoms with van der Waals surface area (Å²) in [6.07, 6.45) is 4.47. The maximum Gasteiger partial charge on any atom is 0.312 e. The summed E-state index contributed by atoms with van der Waals surface area (Å²) in [5.41, 5.74) is -0.791. The largest absolute Gasteiger partial charge is 0.481 e. The molecule has 1 fully saturated rings. The topological polar surface area (TPSA) is 89.4 Å². The van der Waals surface area contributed by atoms with Gasteiger partial charge in [0.15, 0.2) is 0 Å². The normalized spacial score (nSPS) is 25.4. The third kappa shape index (κ3) is 1.78. The Kier molecular flexibility index (Phi) is 2.98. The summed E-state index contributed by atoms with van der Waals surface area (Å²) in [4.78, 5) is 31.4. The lowest BCUT2D eigenvalue weighted by molar-refractivity contribution is -0.151. The number of nitrogens with zero attached hydrogens (tertiary/aromatic N) is 2. The van der Waals surface area contributed by atoms with E-state index in [1.165, 1.54) is 23.7 Å². The fourth-order valence-corrected chi connectivity index (χ4v) is 3.30. The molecular formula is C13H10N2O4S. The van der Waals surface area contributed by atoms with E-state index in [4.69, 9.17) is 4.74 Å². The molecular weight excluding hydrogens is 280 g/mol. The number of pyridine rings is 1. The van der Waals surface area contributed by atoms with Crippen LogP contribution in [0.2, 0.25) is 0 Å². The predicted octanol–water partition coefficient (Wildman–Crippen LogP) is 1.43. The van der Waals surface area contributed by atoms with Crippen molar-refractivity contribution >= 4 is 23.3 Å². The summed E-state index contributed by atoms with van der Waals surface area (Å²) in [6.45, 7) is 0. The van der Waals surface area contributed by atoms with E-state index in [2.05, 4.69) is 9.97 Å². The molecule has 0 bridgehead atoms. The number of aliphatic carboxylic acids is 1. The van der Waals surface area contributed by atoms with Crippen LogP contribution in [-0.2, 0) is 19.9 Å². The van der Waals surface area contributed by atoms with E-state index < -0.39 is 23.5 Å². The zero-order chi connectivity index (χ0) is 14.2. The molecule has 7 heteroatoms. The van der Waals surface area contributed by atoms with Gasteiger partial charge in [0.25, 0.3) is 0 Å². The molecule has 1 N–H and O–H groups in total. The first-order chi connectivity index (χ1) is 9.64. The number of hydrogen-bond acceptors (Lipinski definition) is 6. The van der Waals surface area contributed by atoms with E-state index >= 15 is 0 Å². The molecule has 3 heterocycles. The first-order valence-corrected chi connectivity index (χ1v) is 6.77. The minimum absolute atomic E-state index is 0.169. The van der Waals surface area contributed by atoms with Crippen LogP contribution in [0.5, 0.6) is 0 Å². The van der Waals surface area contributed by atoms with Crippen molar-refractivity contribution in [1.82, 2.24) is 9.97 Å². The number of esters is 1. The number of carbonyl (C=O) groups is 2. The van der Waals surface area contributed by atoms with Crippen LogP contribution in [0, 0.1) is 5.92 Å². The first kappa shape index (κ1) is 12.7. The summed E-state index contributed by atoms with van der Waals surface area (Å²) >= 11 is 1.26. The second-order valence-corrected chi connectivity index (χ2v) is 5.27. The van der Waals surface area contributed by atoms with E-state index in [1.54, 1.807) is 23.7 Å². The standard InChI is InChI=1S/C13H10N2O4S/c16-10-7-9(11(17)18)13(19-10,12-15-5-6-20-12)8-1-3-14-4-2-8/h1-6,9H,7H2,(H,17,18). The van der Waals surface area contributed by atoms with Gasteiger partial charge < -0.3 is 9.84 Å². The number of ether oxygens (including phenoxy) is 1. The van der Waals surface area contributed by atoms with Crippen LogP contribution in [-0.4, -0.2) is 27.0 Å². The van der Waals surface area contributed by atoms with Gasteiger partial charge in [-0.05, 0) is 12.1 Å². The summed E-state index contributed by atoms with van der Waals surface area (Å²) in [5, 5.41) is 11.6. The Bertz CT molecular complexity index is 644. The van der Waals surface area contributed by atoms with Gasteiger partial charge in [0.1, 0.15) is 10.9 Å². The molecule has 1 aliphatic rings. The van der Waals surface area contributed by atoms with Crippen molar-refractivity contribution in [1.29, 1.82) is 0 Å². The van der Waals surface area contributed by atoms with Crippen LogP contribution in [0.3, 0.4) is 0 Å². The van der Waals surface area contributed by atoms with Crippen molar-refractivity contribution in [3.8, 4) is 0 Å². The molecule has 0 radical (unpaired) electrons. The predicted molar refractivity (Wildman–Crippen MR) is 69.0 cm³/mol. The molecule has 2 aromatic rings. The maximum absolute atomic E-state index is 11.7. The smallest absolute Gasteiger partial charge is 0.312 e. The Hall–Kier alpha value is -2.28. The molecule has 6 nitrogen and oxygen atoms in total. The molecule has 0 aromatic carbocycles. The highest BCUT2D eigenvalue weighted by molar-refractivity contribution is 7.09. The highest BCUT2D eigenvalue weighted by Crippen LogP contribution is 2.47. The van der Waals surface area contributed by atoms with Crippen molar-refractivity contribution < 1.29 is 19.4 Å². The molecule has 0 aliphatic carbocycles. The van der Waals surface area contributed by atoms with Gasteiger partial charge in [-0.1, -0.05) is 0 Å². The highest BCUT2D eigenvalue weighted by Gasteiger charge is 2.57. The first-order valence-electron chi connectivity index (χ1n) is 5.89. The maximum atomic E-state index is 11.7. The van der Waals surface area contributed by atoms with Crippen molar-refractivity contribution in [2.24, 2.45) is 5.92 Å². The molecule has 0 spiro atoms. The third-order valence-electron chi connectivity index (χ3n) is 3.29. The number of carboxylic acids is 1. The molecule has 0 saturated carbocycles. The van der Waals surface area contributed by atoms with Crippen molar-refractivity contribution in [2.45, 2.75) is 12.0 Å². The summed E-state index contributed by atoms with van der Waals surface area (Å²) < 4.78 is 5.45. The van der Waals surface area contributed by atoms with Crippen LogP contribution < -0.4 is 0 Å². The number of cyclic esters (lactones) is 1. The summed E-state index contributed by atoms with van der Waals surface area (Å²) in [7, 11) is 0. The van der Waals surface area contributed by atoms with Crippen molar-refractivity contribution in [2.75, 3.05) is 0 Å². The molecule has 20 heavy (non-hydrogen) atoms. The van der Waals surface area contributed by atoms with E-state index in [9.17, 15) is 14.7 Å². The lowest BCUT2D eigenvalue weighted by atomic mass is 9.82. The van der Waals surface area contributed by atoms with Gasteiger partial charge in [0, 0.05) is 29.5 Å². The zero-order valence-electron chi connectivity index (χ0n) is 10.2. The second-order valence-electron chi connectivity index (χ2n) is 4.38. The lowest BCUT2D eigenvalue weighted by Gasteiger charge is -2.29. The fourth-order valence-electron chi connectivity index (χ4n) is 2.45. The van der Waals surface area contributed by atoms with Crippen LogP contribution in [0.4, 0.5) is 0 Å². The van der Waals surface area contributed by atoms with E-state index in [1.807, 2.05) is 0 Å². The quantitative estimate of drug-likeness (QED) is 0.860. The SMILES string of the molecule is O=C1CC(C(=O)O)C(c2ccncc2)(c2nccs2)O1. The molecule has 2 unspecified atom stereocenters. The molecule has 1 aliphatic heterocycles. The van der Waals surface area contributed by atoms with Gasteiger partial charge in [-0.25, -0.2) is 4.98 Å². The second kappa shape index (κ2) is 4.68. The number of rotatable bonds is 3. The van der Waals surface area contributed by atoms with Crippen LogP contribution in [0.25, 0.3) is 0 Å². The Balaban J connectivity index is 2.23. The lowest BCUT2D eigenvalue weighted by Crippen LogP contribution is -2.38. The van der Waals surface area contributed by atoms with Crippen LogP contribution >= 0.6 is 11.3 Å². The number of thiazole rings is 1. The molecule has 3 rings (SSSR count). The Labute approximate surface area is 118 Å². The van der Waals surface area contributed by atoms with E-state index in [0.29, 0.717) is 10.6 Å². The van der Waals surface area contributed by atoms with Gasteiger partial charge in [-0.3, -0.25) is 14.6 Å². The monoisotopic (exact) mass is 290 g/mol. The van der Waals surface area contributed by atoms with E-state index in [0.717, 1.165) is 0 Å². The average Bonchev–Trinajstić information content (AvgIpc) is 3.07. The van der Waals surface area contributed by atoms with Gasteiger partial charge in [-0.2, -0.15) is 0 Å². The number of aromatic nitrogens is 2. The molecule has 2 aromatic heterocycles. The summed E-state index contributed by atoms with van der Waals surface area (Å²) in [6, 6.07) is 3.30. The van der Waals surface area contributed by atoms with Crippen molar-refractivity contribution in [3.63, 3.8) is 0 Å². The molecule has 0 amide bonds.